The first-order valence-corrected chi connectivity index (χ1v) is 8.91. The van der Waals surface area contributed by atoms with E-state index in [1.807, 2.05) is 20.8 Å². The molecular formula is C18H35N3O5. The predicted octanol–water partition coefficient (Wildman–Crippen LogP) is 1.32. The Kier molecular flexibility index (Phi) is 9.62. The van der Waals surface area contributed by atoms with Crippen molar-refractivity contribution in [2.24, 2.45) is 5.41 Å². The number of carbonyl (C=O) groups excluding carboxylic acids is 3. The van der Waals surface area contributed by atoms with Crippen LogP contribution in [0.2, 0.25) is 0 Å². The van der Waals surface area contributed by atoms with Crippen molar-refractivity contribution in [2.45, 2.75) is 78.5 Å². The molecule has 0 aromatic heterocycles. The highest BCUT2D eigenvalue weighted by Gasteiger charge is 2.32. The first kappa shape index (κ1) is 24.2. The van der Waals surface area contributed by atoms with Gasteiger partial charge in [-0.2, -0.15) is 0 Å². The molecule has 0 aromatic carbocycles. The van der Waals surface area contributed by atoms with E-state index in [0.717, 1.165) is 0 Å². The van der Waals surface area contributed by atoms with Gasteiger partial charge in [-0.05, 0) is 39.0 Å². The monoisotopic (exact) mass is 373 g/mol. The van der Waals surface area contributed by atoms with E-state index in [-0.39, 0.29) is 24.8 Å². The zero-order chi connectivity index (χ0) is 20.5. The maximum atomic E-state index is 12.4. The van der Waals surface area contributed by atoms with Gasteiger partial charge in [-0.25, -0.2) is 4.79 Å². The van der Waals surface area contributed by atoms with Crippen LogP contribution in [0.3, 0.4) is 0 Å². The van der Waals surface area contributed by atoms with E-state index in [2.05, 4.69) is 16.0 Å². The van der Waals surface area contributed by atoms with Crippen molar-refractivity contribution in [3.63, 3.8) is 0 Å². The maximum absolute atomic E-state index is 12.4. The molecule has 0 aliphatic rings. The number of ether oxygens (including phenoxy) is 1. The molecule has 2 atom stereocenters. The number of amides is 3. The van der Waals surface area contributed by atoms with Gasteiger partial charge in [0.1, 0.15) is 11.6 Å². The lowest BCUT2D eigenvalue weighted by molar-refractivity contribution is -0.131. The van der Waals surface area contributed by atoms with Gasteiger partial charge in [0.25, 0.3) is 0 Å². The molecule has 0 aliphatic heterocycles. The number of aliphatic hydroxyl groups excluding tert-OH is 1. The highest BCUT2D eigenvalue weighted by molar-refractivity contribution is 5.88. The second kappa shape index (κ2) is 10.4. The van der Waals surface area contributed by atoms with Crippen LogP contribution in [-0.4, -0.2) is 54.4 Å². The van der Waals surface area contributed by atoms with Gasteiger partial charge >= 0.3 is 6.09 Å². The van der Waals surface area contributed by atoms with E-state index in [1.165, 1.54) is 7.05 Å². The van der Waals surface area contributed by atoms with Gasteiger partial charge in [-0.1, -0.05) is 20.8 Å². The Balaban J connectivity index is 4.95. The van der Waals surface area contributed by atoms with Crippen molar-refractivity contribution in [3.8, 4) is 0 Å². The third-order valence-electron chi connectivity index (χ3n) is 3.54. The minimum absolute atomic E-state index is 0.0111. The molecular weight excluding hydrogens is 338 g/mol. The first-order chi connectivity index (χ1) is 11.8. The Morgan fingerprint density at radius 1 is 1.04 bits per heavy atom. The largest absolute Gasteiger partial charge is 0.444 e. The molecule has 0 radical (unpaired) electrons. The molecule has 0 unspecified atom stereocenters. The second-order valence-electron chi connectivity index (χ2n) is 8.39. The van der Waals surface area contributed by atoms with Crippen LogP contribution in [-0.2, 0) is 14.3 Å². The molecule has 3 amide bonds. The highest BCUT2D eigenvalue weighted by atomic mass is 16.6. The van der Waals surface area contributed by atoms with Gasteiger partial charge in [-0.3, -0.25) is 9.59 Å². The zero-order valence-electron chi connectivity index (χ0n) is 17.1. The zero-order valence-corrected chi connectivity index (χ0v) is 17.1. The fourth-order valence-corrected chi connectivity index (χ4v) is 2.30. The first-order valence-electron chi connectivity index (χ1n) is 8.91. The summed E-state index contributed by atoms with van der Waals surface area (Å²) >= 11 is 0. The van der Waals surface area contributed by atoms with Gasteiger partial charge in [0.15, 0.2) is 0 Å². The van der Waals surface area contributed by atoms with Crippen molar-refractivity contribution in [3.05, 3.63) is 0 Å². The lowest BCUT2D eigenvalue weighted by atomic mass is 9.86. The SMILES string of the molecule is CNC(=O)[C@@H](NC(=O)C[C@H](CCCO)NC(=O)OC(C)(C)C)C(C)(C)C. The normalized spacial score (nSPS) is 14.2. The van der Waals surface area contributed by atoms with Crippen molar-refractivity contribution >= 4 is 17.9 Å². The third kappa shape index (κ3) is 10.2. The standard InChI is InChI=1S/C18H35N3O5/c1-17(2,3)14(15(24)19-7)21-13(23)11-12(9-8-10-22)20-16(25)26-18(4,5)6/h12,14,22H,8-11H2,1-7H3,(H,19,24)(H,20,25)(H,21,23)/t12-,14+/m0/s1. The molecule has 0 aliphatic carbocycles. The topological polar surface area (TPSA) is 117 Å². The van der Waals surface area contributed by atoms with Crippen LogP contribution in [0.25, 0.3) is 0 Å². The molecule has 0 heterocycles. The predicted molar refractivity (Wildman–Crippen MR) is 99.5 cm³/mol. The van der Waals surface area contributed by atoms with E-state index in [0.29, 0.717) is 12.8 Å². The number of carbonyl (C=O) groups is 3. The minimum Gasteiger partial charge on any atom is -0.444 e. The van der Waals surface area contributed by atoms with Gasteiger partial charge in [0.05, 0.1) is 0 Å². The highest BCUT2D eigenvalue weighted by Crippen LogP contribution is 2.19. The van der Waals surface area contributed by atoms with E-state index in [9.17, 15) is 14.4 Å². The maximum Gasteiger partial charge on any atom is 0.407 e. The summed E-state index contributed by atoms with van der Waals surface area (Å²) in [5, 5.41) is 17.0. The molecule has 0 saturated heterocycles. The molecule has 26 heavy (non-hydrogen) atoms. The average Bonchev–Trinajstić information content (AvgIpc) is 2.46. The van der Waals surface area contributed by atoms with Gasteiger partial charge < -0.3 is 25.8 Å². The lowest BCUT2D eigenvalue weighted by Crippen LogP contribution is -2.54. The number of rotatable bonds is 8. The van der Waals surface area contributed by atoms with Crippen molar-refractivity contribution in [1.82, 2.24) is 16.0 Å². The van der Waals surface area contributed by atoms with Crippen molar-refractivity contribution < 1.29 is 24.2 Å². The number of nitrogens with one attached hydrogen (secondary N) is 3. The summed E-state index contributed by atoms with van der Waals surface area (Å²) in [6.07, 6.45) is 0.227. The third-order valence-corrected chi connectivity index (χ3v) is 3.54. The fraction of sp³-hybridized carbons (Fsp3) is 0.833. The molecule has 152 valence electrons. The van der Waals surface area contributed by atoms with E-state index >= 15 is 0 Å². The Morgan fingerprint density at radius 3 is 2.04 bits per heavy atom. The Hall–Kier alpha value is -1.83. The summed E-state index contributed by atoms with van der Waals surface area (Å²) in [7, 11) is 1.52. The van der Waals surface area contributed by atoms with Crippen LogP contribution in [0, 0.1) is 5.41 Å². The quantitative estimate of drug-likeness (QED) is 0.512. The average molecular weight is 373 g/mol. The number of alkyl carbamates (subject to hydrolysis) is 1. The molecule has 0 spiro atoms. The lowest BCUT2D eigenvalue weighted by Gasteiger charge is -2.30. The molecule has 0 rings (SSSR count). The fourth-order valence-electron chi connectivity index (χ4n) is 2.30. The van der Waals surface area contributed by atoms with Crippen molar-refractivity contribution in [2.75, 3.05) is 13.7 Å². The number of aliphatic hydroxyl groups is 1. The summed E-state index contributed by atoms with van der Waals surface area (Å²) in [5.41, 5.74) is -1.11. The van der Waals surface area contributed by atoms with E-state index in [4.69, 9.17) is 9.84 Å². The molecule has 0 fully saturated rings. The van der Waals surface area contributed by atoms with Crippen LogP contribution >= 0.6 is 0 Å². The summed E-state index contributed by atoms with van der Waals surface area (Å²) in [6.45, 7) is 10.8. The minimum atomic E-state index is -0.694. The van der Waals surface area contributed by atoms with Crippen LogP contribution in [0.1, 0.15) is 60.8 Å². The molecule has 0 aromatic rings. The molecule has 8 nitrogen and oxygen atoms in total. The summed E-state index contributed by atoms with van der Waals surface area (Å²) < 4.78 is 5.21. The Morgan fingerprint density at radius 2 is 1.62 bits per heavy atom. The van der Waals surface area contributed by atoms with Crippen LogP contribution in [0.5, 0.6) is 0 Å². The van der Waals surface area contributed by atoms with Crippen LogP contribution in [0.4, 0.5) is 4.79 Å². The van der Waals surface area contributed by atoms with E-state index in [1.54, 1.807) is 20.8 Å². The van der Waals surface area contributed by atoms with Crippen LogP contribution < -0.4 is 16.0 Å². The Labute approximate surface area is 156 Å². The number of likely N-dealkylation sites (N-methyl/N-ethyl adjacent to an activating group) is 1. The number of hydrogen-bond acceptors (Lipinski definition) is 5. The van der Waals surface area contributed by atoms with Gasteiger partial charge in [0, 0.05) is 26.1 Å². The molecule has 0 saturated carbocycles. The van der Waals surface area contributed by atoms with Crippen LogP contribution in [0.15, 0.2) is 0 Å². The molecule has 0 bridgehead atoms. The Bertz CT molecular complexity index is 480. The van der Waals surface area contributed by atoms with Gasteiger partial charge in [-0.15, -0.1) is 0 Å². The number of hydrogen-bond donors (Lipinski definition) is 4. The van der Waals surface area contributed by atoms with Gasteiger partial charge in [0.2, 0.25) is 11.8 Å². The summed E-state index contributed by atoms with van der Waals surface area (Å²) in [4.78, 5) is 36.4. The summed E-state index contributed by atoms with van der Waals surface area (Å²) in [6, 6.07) is -1.19. The van der Waals surface area contributed by atoms with E-state index < -0.39 is 29.2 Å². The molecule has 8 heteroatoms. The van der Waals surface area contributed by atoms with Crippen molar-refractivity contribution in [1.29, 1.82) is 0 Å². The molecule has 4 N–H and O–H groups in total. The smallest absolute Gasteiger partial charge is 0.407 e. The summed E-state index contributed by atoms with van der Waals surface area (Å²) in [5.74, 6) is -0.634. The second-order valence-corrected chi connectivity index (χ2v) is 8.39.